The van der Waals surface area contributed by atoms with Gasteiger partial charge in [0.15, 0.2) is 9.84 Å². The summed E-state index contributed by atoms with van der Waals surface area (Å²) in [5, 5.41) is 2.95. The molecule has 2 aromatic carbocycles. The van der Waals surface area contributed by atoms with Gasteiger partial charge in [-0.2, -0.15) is 0 Å². The van der Waals surface area contributed by atoms with E-state index in [0.29, 0.717) is 44.7 Å². The van der Waals surface area contributed by atoms with Gasteiger partial charge >= 0.3 is 6.03 Å². The molecule has 3 rings (SSSR count). The van der Waals surface area contributed by atoms with Gasteiger partial charge in [0.1, 0.15) is 0 Å². The number of carbonyl (C=O) groups excluding carboxylic acids is 2. The van der Waals surface area contributed by atoms with Gasteiger partial charge in [-0.1, -0.05) is 36.4 Å². The summed E-state index contributed by atoms with van der Waals surface area (Å²) >= 11 is 0. The fourth-order valence-electron chi connectivity index (χ4n) is 3.44. The number of nitrogens with one attached hydrogen (secondary N) is 1. The number of sulfone groups is 1. The number of urea groups is 1. The van der Waals surface area contributed by atoms with Crippen molar-refractivity contribution in [1.29, 1.82) is 0 Å². The minimum Gasteiger partial charge on any atom is -0.338 e. The molecule has 0 unspecified atom stereocenters. The molecule has 1 saturated heterocycles. The normalized spacial score (nSPS) is 14.8. The van der Waals surface area contributed by atoms with E-state index < -0.39 is 9.84 Å². The van der Waals surface area contributed by atoms with Gasteiger partial charge in [0.05, 0.1) is 4.90 Å². The Bertz CT molecular complexity index is 992. The highest BCUT2D eigenvalue weighted by Crippen LogP contribution is 2.15. The monoisotopic (exact) mass is 429 g/mol. The first-order valence-corrected chi connectivity index (χ1v) is 11.9. The van der Waals surface area contributed by atoms with Crippen LogP contribution in [0.4, 0.5) is 4.79 Å². The second-order valence-electron chi connectivity index (χ2n) is 7.40. The number of rotatable bonds is 5. The summed E-state index contributed by atoms with van der Waals surface area (Å²) in [5.41, 5.74) is 1.51. The summed E-state index contributed by atoms with van der Waals surface area (Å²) in [7, 11) is -3.38. The molecule has 8 heteroatoms. The van der Waals surface area contributed by atoms with Gasteiger partial charge in [-0.05, 0) is 36.6 Å². The molecule has 160 valence electrons. The molecule has 7 nitrogen and oxygen atoms in total. The Morgan fingerprint density at radius 2 is 1.63 bits per heavy atom. The summed E-state index contributed by atoms with van der Waals surface area (Å²) in [6.45, 7) is 2.50. The molecule has 1 aliphatic rings. The van der Waals surface area contributed by atoms with Crippen LogP contribution in [0.15, 0.2) is 59.5 Å². The Labute approximate surface area is 177 Å². The molecule has 30 heavy (non-hydrogen) atoms. The van der Waals surface area contributed by atoms with Crippen LogP contribution >= 0.6 is 0 Å². The summed E-state index contributed by atoms with van der Waals surface area (Å²) in [6, 6.07) is 15.9. The number of hydrogen-bond acceptors (Lipinski definition) is 4. The van der Waals surface area contributed by atoms with Crippen LogP contribution in [-0.2, 0) is 16.3 Å². The lowest BCUT2D eigenvalue weighted by Crippen LogP contribution is -2.43. The van der Waals surface area contributed by atoms with Crippen molar-refractivity contribution in [3.05, 3.63) is 65.7 Å². The van der Waals surface area contributed by atoms with E-state index in [1.807, 2.05) is 30.3 Å². The molecular weight excluding hydrogens is 402 g/mol. The van der Waals surface area contributed by atoms with E-state index in [9.17, 15) is 18.0 Å². The predicted octanol–water partition coefficient (Wildman–Crippen LogP) is 2.19. The van der Waals surface area contributed by atoms with E-state index in [0.717, 1.165) is 12.7 Å². The molecule has 3 amide bonds. The van der Waals surface area contributed by atoms with Crippen LogP contribution in [-0.4, -0.2) is 69.1 Å². The van der Waals surface area contributed by atoms with E-state index in [2.05, 4.69) is 5.32 Å². The molecule has 0 bridgehead atoms. The minimum atomic E-state index is -3.38. The molecule has 0 saturated carbocycles. The number of hydrogen-bond donors (Lipinski definition) is 1. The third-order valence-corrected chi connectivity index (χ3v) is 6.22. The summed E-state index contributed by atoms with van der Waals surface area (Å²) in [5.74, 6) is -0.216. The van der Waals surface area contributed by atoms with Crippen LogP contribution in [0.5, 0.6) is 0 Å². The van der Waals surface area contributed by atoms with Crippen LogP contribution in [0.1, 0.15) is 22.3 Å². The molecule has 1 N–H and O–H groups in total. The maximum atomic E-state index is 12.8. The molecule has 0 spiro atoms. The summed E-state index contributed by atoms with van der Waals surface area (Å²) < 4.78 is 23.5. The molecule has 0 aromatic heterocycles. The van der Waals surface area contributed by atoms with Crippen molar-refractivity contribution in [2.45, 2.75) is 17.7 Å². The number of carbonyl (C=O) groups is 2. The first-order valence-electron chi connectivity index (χ1n) is 10.0. The van der Waals surface area contributed by atoms with Gasteiger partial charge in [-0.15, -0.1) is 0 Å². The lowest BCUT2D eigenvalue weighted by molar-refractivity contribution is 0.0762. The van der Waals surface area contributed by atoms with E-state index >= 15 is 0 Å². The maximum Gasteiger partial charge on any atom is 0.317 e. The topological polar surface area (TPSA) is 86.8 Å². The average molecular weight is 430 g/mol. The van der Waals surface area contributed by atoms with Gasteiger partial charge in [0.2, 0.25) is 0 Å². The van der Waals surface area contributed by atoms with Gasteiger partial charge in [0.25, 0.3) is 5.91 Å². The highest BCUT2D eigenvalue weighted by Gasteiger charge is 2.23. The smallest absolute Gasteiger partial charge is 0.317 e. The lowest BCUT2D eigenvalue weighted by atomic mass is 10.1. The largest absolute Gasteiger partial charge is 0.338 e. The van der Waals surface area contributed by atoms with E-state index in [-0.39, 0.29) is 16.8 Å². The summed E-state index contributed by atoms with van der Waals surface area (Å²) in [4.78, 5) is 28.9. The highest BCUT2D eigenvalue weighted by atomic mass is 32.2. The Hall–Kier alpha value is -2.87. The van der Waals surface area contributed by atoms with Crippen molar-refractivity contribution in [3.8, 4) is 0 Å². The Morgan fingerprint density at radius 1 is 0.933 bits per heavy atom. The van der Waals surface area contributed by atoms with Gasteiger partial charge < -0.3 is 15.1 Å². The fraction of sp³-hybridized carbons (Fsp3) is 0.364. The van der Waals surface area contributed by atoms with Gasteiger partial charge in [-0.25, -0.2) is 13.2 Å². The molecule has 2 aromatic rings. The van der Waals surface area contributed by atoms with Gasteiger partial charge in [-0.3, -0.25) is 4.79 Å². The molecule has 1 aliphatic heterocycles. The Balaban J connectivity index is 1.54. The second-order valence-corrected chi connectivity index (χ2v) is 9.42. The van der Waals surface area contributed by atoms with E-state index in [1.54, 1.807) is 21.9 Å². The minimum absolute atomic E-state index is 0.126. The summed E-state index contributed by atoms with van der Waals surface area (Å²) in [6.07, 6.45) is 2.56. The lowest BCUT2D eigenvalue weighted by Gasteiger charge is -2.22. The number of nitrogens with zero attached hydrogens (tertiary/aromatic N) is 2. The van der Waals surface area contributed by atoms with Crippen molar-refractivity contribution in [2.75, 3.05) is 39.0 Å². The van der Waals surface area contributed by atoms with Crippen molar-refractivity contribution in [3.63, 3.8) is 0 Å². The van der Waals surface area contributed by atoms with E-state index in [4.69, 9.17) is 0 Å². The maximum absolute atomic E-state index is 12.8. The Kier molecular flexibility index (Phi) is 7.10. The van der Waals surface area contributed by atoms with Crippen molar-refractivity contribution in [1.82, 2.24) is 15.1 Å². The van der Waals surface area contributed by atoms with Gasteiger partial charge in [0, 0.05) is 44.5 Å². The highest BCUT2D eigenvalue weighted by molar-refractivity contribution is 7.90. The molecule has 0 atom stereocenters. The average Bonchev–Trinajstić information content (AvgIpc) is 3.00. The first-order chi connectivity index (χ1) is 14.3. The van der Waals surface area contributed by atoms with Crippen molar-refractivity contribution in [2.24, 2.45) is 0 Å². The Morgan fingerprint density at radius 3 is 2.37 bits per heavy atom. The molecule has 0 radical (unpaired) electrons. The number of benzene rings is 2. The van der Waals surface area contributed by atoms with Crippen molar-refractivity contribution < 1.29 is 18.0 Å². The fourth-order valence-corrected chi connectivity index (χ4v) is 4.10. The SMILES string of the molecule is CS(=O)(=O)c1cccc(C(=O)N2CCCN(C(=O)NCCc3ccccc3)CC2)c1. The first kappa shape index (κ1) is 21.8. The van der Waals surface area contributed by atoms with E-state index in [1.165, 1.54) is 17.7 Å². The molecule has 0 aliphatic carbocycles. The third kappa shape index (κ3) is 5.82. The molecule has 1 heterocycles. The molecule has 1 fully saturated rings. The second kappa shape index (κ2) is 9.75. The zero-order valence-electron chi connectivity index (χ0n) is 17.1. The zero-order valence-corrected chi connectivity index (χ0v) is 17.9. The quantitative estimate of drug-likeness (QED) is 0.789. The van der Waals surface area contributed by atoms with Crippen LogP contribution in [0.25, 0.3) is 0 Å². The predicted molar refractivity (Wildman–Crippen MR) is 115 cm³/mol. The zero-order chi connectivity index (χ0) is 21.6. The molecular formula is C22H27N3O4S. The van der Waals surface area contributed by atoms with Crippen LogP contribution in [0.3, 0.4) is 0 Å². The number of amides is 3. The third-order valence-electron chi connectivity index (χ3n) is 5.11. The van der Waals surface area contributed by atoms with Crippen LogP contribution < -0.4 is 5.32 Å². The van der Waals surface area contributed by atoms with Crippen LogP contribution in [0.2, 0.25) is 0 Å². The van der Waals surface area contributed by atoms with Crippen LogP contribution in [0, 0.1) is 0 Å². The standard InChI is InChI=1S/C22H27N3O4S/c1-30(28,29)20-10-5-9-19(17-20)21(26)24-13-6-14-25(16-15-24)22(27)23-12-11-18-7-3-2-4-8-18/h2-5,7-10,17H,6,11-16H2,1H3,(H,23,27). The van der Waals surface area contributed by atoms with Crippen molar-refractivity contribution >= 4 is 21.8 Å².